The molecule has 2 aromatic carbocycles. The number of nitrogens with zero attached hydrogens (tertiary/aromatic N) is 13. The van der Waals surface area contributed by atoms with E-state index in [1.165, 1.54) is 41.6 Å². The molecule has 0 radical (unpaired) electrons. The highest BCUT2D eigenvalue weighted by atomic mass is 32.2. The van der Waals surface area contributed by atoms with Crippen molar-refractivity contribution in [3.63, 3.8) is 0 Å². The second kappa shape index (κ2) is 24.4. The van der Waals surface area contributed by atoms with Gasteiger partial charge in [-0.15, -0.1) is 22.7 Å². The van der Waals surface area contributed by atoms with Crippen molar-refractivity contribution in [1.82, 2.24) is 70.0 Å². The van der Waals surface area contributed by atoms with E-state index in [0.717, 1.165) is 87.8 Å². The molecule has 10 heterocycles. The van der Waals surface area contributed by atoms with E-state index in [0.29, 0.717) is 78.2 Å². The van der Waals surface area contributed by atoms with E-state index in [1.807, 2.05) is 85.3 Å². The zero-order valence-electron chi connectivity index (χ0n) is 47.8. The number of alkyl halides is 6. The van der Waals surface area contributed by atoms with Crippen LogP contribution in [-0.4, -0.2) is 121 Å². The van der Waals surface area contributed by atoms with Gasteiger partial charge in [-0.1, -0.05) is 84.2 Å². The molecule has 30 heteroatoms. The van der Waals surface area contributed by atoms with Crippen LogP contribution in [0.4, 0.5) is 47.8 Å². The predicted molar refractivity (Wildman–Crippen MR) is 324 cm³/mol. The molecule has 0 spiro atoms. The van der Waals surface area contributed by atoms with Crippen molar-refractivity contribution in [2.45, 2.75) is 82.9 Å². The Hall–Kier alpha value is -8.48. The number of nitrogens with one attached hydrogen (secondary N) is 3. The molecule has 2 saturated heterocycles. The van der Waals surface area contributed by atoms with Gasteiger partial charge < -0.3 is 39.8 Å². The number of alkyl carbamates (subject to hydrolysis) is 1. The number of hydrogen-bond acceptors (Lipinski definition) is 19. The lowest BCUT2D eigenvalue weighted by atomic mass is 10.0. The molecule has 2 aliphatic heterocycles. The van der Waals surface area contributed by atoms with Gasteiger partial charge in [0.15, 0.2) is 34.0 Å². The Morgan fingerprint density at radius 1 is 0.656 bits per heavy atom. The number of anilines is 2. The minimum atomic E-state index is -4.59. The number of carbonyl (C=O) groups is 2. The zero-order valence-corrected chi connectivity index (χ0v) is 51.1. The Labute approximate surface area is 525 Å². The van der Waals surface area contributed by atoms with Gasteiger partial charge in [0.1, 0.15) is 26.7 Å². The number of H-pyrrole nitrogens is 2. The molecule has 14 rings (SSSR count). The SMILES string of the molecule is Cc1csc(C2(CN(Cc3ccccc3)C(=O)O)C3CCN(c4nc5ncc(Sc6cccnc6C(F)(F)F)nc5[nH]4)CC32)n1.Cc1csc(C2(CNC(=O)OCc3ccccc3)C3CCN(c4nc5ncc(Sc6cccnc6C(F)(F)F)nc5[nH]4)CC32)n1. The summed E-state index contributed by atoms with van der Waals surface area (Å²) in [5.74, 6) is 2.13. The molecular formula is C60H54F6N16O4S4. The van der Waals surface area contributed by atoms with Gasteiger partial charge in [0, 0.05) is 101 Å². The van der Waals surface area contributed by atoms with Crippen LogP contribution in [0, 0.1) is 37.5 Å². The maximum atomic E-state index is 13.5. The second-order valence-corrected chi connectivity index (χ2v) is 26.2. The van der Waals surface area contributed by atoms with Gasteiger partial charge in [0.05, 0.1) is 12.4 Å². The number of amides is 2. The van der Waals surface area contributed by atoms with Gasteiger partial charge in [-0.05, 0) is 85.8 Å². The summed E-state index contributed by atoms with van der Waals surface area (Å²) in [7, 11) is 0. The number of carboxylic acid groups (broad SMARTS) is 1. The van der Waals surface area contributed by atoms with Crippen LogP contribution in [-0.2, 0) is 41.1 Å². The quantitative estimate of drug-likeness (QED) is 0.0657. The number of piperidine rings is 2. The molecule has 2 saturated carbocycles. The van der Waals surface area contributed by atoms with Crippen LogP contribution >= 0.6 is 46.2 Å². The van der Waals surface area contributed by atoms with E-state index in [-0.39, 0.29) is 51.1 Å². The lowest BCUT2D eigenvalue weighted by Gasteiger charge is -2.26. The number of thiazole rings is 2. The number of ether oxygens (including phenoxy) is 1. The van der Waals surface area contributed by atoms with E-state index < -0.39 is 41.3 Å². The van der Waals surface area contributed by atoms with Gasteiger partial charge in [-0.2, -0.15) is 36.3 Å². The molecule has 2 amide bonds. The van der Waals surface area contributed by atoms with E-state index in [2.05, 4.69) is 65.0 Å². The number of fused-ring (bicyclic) bond motifs is 4. The van der Waals surface area contributed by atoms with Crippen LogP contribution in [0.3, 0.4) is 0 Å². The molecule has 4 N–H and O–H groups in total. The summed E-state index contributed by atoms with van der Waals surface area (Å²) in [5.41, 5.74) is 2.52. The number of imidazole rings is 2. The van der Waals surface area contributed by atoms with Crippen LogP contribution in [0.25, 0.3) is 22.6 Å². The molecule has 10 aromatic rings. The number of benzene rings is 2. The Morgan fingerprint density at radius 2 is 1.14 bits per heavy atom. The van der Waals surface area contributed by atoms with Crippen molar-refractivity contribution in [2.24, 2.45) is 23.7 Å². The third-order valence-electron chi connectivity index (χ3n) is 16.8. The predicted octanol–water partition coefficient (Wildman–Crippen LogP) is 12.3. The summed E-state index contributed by atoms with van der Waals surface area (Å²) in [6, 6.07) is 24.7. The van der Waals surface area contributed by atoms with E-state index in [9.17, 15) is 41.0 Å². The van der Waals surface area contributed by atoms with Crippen LogP contribution in [0.2, 0.25) is 0 Å². The molecule has 90 heavy (non-hydrogen) atoms. The first kappa shape index (κ1) is 60.4. The average Bonchev–Trinajstić information content (AvgIpc) is 1.53. The molecule has 464 valence electrons. The van der Waals surface area contributed by atoms with Crippen molar-refractivity contribution in [3.05, 3.63) is 164 Å². The summed E-state index contributed by atoms with van der Waals surface area (Å²) in [5, 5.41) is 19.8. The highest BCUT2D eigenvalue weighted by Gasteiger charge is 2.70. The van der Waals surface area contributed by atoms with Gasteiger partial charge in [0.2, 0.25) is 11.9 Å². The fourth-order valence-corrected chi connectivity index (χ4v) is 16.6. The molecule has 4 fully saturated rings. The smallest absolute Gasteiger partial charge is 0.434 e. The highest BCUT2D eigenvalue weighted by Crippen LogP contribution is 2.65. The van der Waals surface area contributed by atoms with Crippen molar-refractivity contribution < 1.29 is 45.8 Å². The lowest BCUT2D eigenvalue weighted by Crippen LogP contribution is -2.38. The Bertz CT molecular complexity index is 4250. The number of pyridine rings is 2. The molecule has 6 atom stereocenters. The van der Waals surface area contributed by atoms with Crippen LogP contribution in [0.1, 0.15) is 56.8 Å². The standard InChI is InChI=1S/2C30H27F3N8O2S2/c1-17-15-44-26(37-17)29(16-36-28(42)43-14-18-6-3-2-4-7-18)19-9-11-41(13-20(19)29)27-39-24-25(40-27)38-22(12-35-24)45-21-8-5-10-34-23(21)30(31,32)33;1-17-15-44-26(36-17)29(16-41(28(42)43)13-18-6-3-2-4-7-18)19-9-11-40(14-20(19)29)27-38-24-25(39-27)37-22(12-35-24)45-21-8-5-10-34-23(21)30(31,32)33/h2-8,10,12,15,19-20H,9,11,13-14,16H2,1H3,(H,36,42)(H,35,38,39,40);2-8,10,12,15,19-20H,9,11,13-14,16H2,1H3,(H,42,43)(H,35,37,38,39). The van der Waals surface area contributed by atoms with Crippen LogP contribution in [0.15, 0.2) is 140 Å². The first-order valence-electron chi connectivity index (χ1n) is 28.5. The van der Waals surface area contributed by atoms with Gasteiger partial charge in [-0.3, -0.25) is 9.97 Å². The van der Waals surface area contributed by atoms with Crippen molar-refractivity contribution in [1.29, 1.82) is 0 Å². The minimum Gasteiger partial charge on any atom is -0.465 e. The van der Waals surface area contributed by atoms with Crippen molar-refractivity contribution in [3.8, 4) is 0 Å². The molecule has 2 aliphatic carbocycles. The molecule has 0 bridgehead atoms. The number of aromatic amines is 2. The summed E-state index contributed by atoms with van der Waals surface area (Å²) in [6.07, 6.45) is -3.88. The first-order valence-corrected chi connectivity index (χ1v) is 31.9. The molecular weight excluding hydrogens is 1250 g/mol. The summed E-state index contributed by atoms with van der Waals surface area (Å²) < 4.78 is 86.1. The number of halogens is 6. The van der Waals surface area contributed by atoms with Crippen molar-refractivity contribution in [2.75, 3.05) is 49.1 Å². The fourth-order valence-electron chi connectivity index (χ4n) is 12.6. The monoisotopic (exact) mass is 1300 g/mol. The minimum absolute atomic E-state index is 0.0551. The molecule has 6 unspecified atom stereocenters. The maximum Gasteiger partial charge on any atom is 0.434 e. The fraction of sp³-hybridized carbons (Fsp3) is 0.333. The largest absolute Gasteiger partial charge is 0.465 e. The average molecular weight is 1310 g/mol. The Kier molecular flexibility index (Phi) is 16.4. The van der Waals surface area contributed by atoms with E-state index in [4.69, 9.17) is 14.7 Å². The third-order valence-corrected chi connectivity index (χ3v) is 21.0. The summed E-state index contributed by atoms with van der Waals surface area (Å²) in [4.78, 5) is 80.9. The van der Waals surface area contributed by atoms with Gasteiger partial charge >= 0.3 is 24.5 Å². The van der Waals surface area contributed by atoms with Crippen LogP contribution in [0.5, 0.6) is 0 Å². The van der Waals surface area contributed by atoms with Crippen LogP contribution < -0.4 is 15.1 Å². The van der Waals surface area contributed by atoms with Gasteiger partial charge in [-0.25, -0.2) is 39.5 Å². The zero-order chi connectivity index (χ0) is 62.5. The third kappa shape index (κ3) is 12.3. The molecule has 4 aliphatic rings. The Balaban J connectivity index is 0.000000165. The number of carbonyl (C=O) groups excluding carboxylic acids is 1. The number of rotatable bonds is 16. The first-order chi connectivity index (χ1) is 43.3. The Morgan fingerprint density at radius 3 is 1.63 bits per heavy atom. The lowest BCUT2D eigenvalue weighted by molar-refractivity contribution is -0.144. The maximum absolute atomic E-state index is 13.5. The summed E-state index contributed by atoms with van der Waals surface area (Å²) >= 11 is 4.88. The normalized spacial score (nSPS) is 21.1. The van der Waals surface area contributed by atoms with E-state index >= 15 is 0 Å². The topological polar surface area (TPSA) is 246 Å². The van der Waals surface area contributed by atoms with Crippen molar-refractivity contribution >= 4 is 92.9 Å². The second-order valence-electron chi connectivity index (χ2n) is 22.4. The number of aromatic nitrogens is 12. The molecule has 8 aromatic heterocycles. The number of hydrogen-bond donors (Lipinski definition) is 4. The van der Waals surface area contributed by atoms with E-state index in [1.54, 1.807) is 22.7 Å². The number of aryl methyl sites for hydroxylation is 2. The van der Waals surface area contributed by atoms with Gasteiger partial charge in [0.25, 0.3) is 0 Å². The highest BCUT2D eigenvalue weighted by molar-refractivity contribution is 7.99. The molecule has 20 nitrogen and oxygen atoms in total. The summed E-state index contributed by atoms with van der Waals surface area (Å²) in [6.45, 7) is 7.86.